The molecule has 2 N–H and O–H groups in total. The van der Waals surface area contributed by atoms with Crippen molar-refractivity contribution in [1.29, 1.82) is 0 Å². The Balaban J connectivity index is 2.08. The van der Waals surface area contributed by atoms with Crippen molar-refractivity contribution in [2.75, 3.05) is 6.61 Å². The van der Waals surface area contributed by atoms with Crippen molar-refractivity contribution in [2.45, 2.75) is 38.8 Å². The summed E-state index contributed by atoms with van der Waals surface area (Å²) in [6, 6.07) is 6.10. The van der Waals surface area contributed by atoms with Crippen molar-refractivity contribution >= 4 is 43.5 Å². The van der Waals surface area contributed by atoms with Crippen molar-refractivity contribution in [2.24, 2.45) is 10.1 Å². The Morgan fingerprint density at radius 2 is 1.97 bits per heavy atom. The third-order valence-electron chi connectivity index (χ3n) is 4.18. The van der Waals surface area contributed by atoms with Gasteiger partial charge in [0.15, 0.2) is 4.80 Å². The number of rotatable bonds is 6. The maximum absolute atomic E-state index is 12.5. The second kappa shape index (κ2) is 8.50. The van der Waals surface area contributed by atoms with Crippen LogP contribution in [0.4, 0.5) is 0 Å². The first-order valence-corrected chi connectivity index (χ1v) is 11.3. The highest BCUT2D eigenvalue weighted by molar-refractivity contribution is 7.89. The van der Waals surface area contributed by atoms with E-state index >= 15 is 0 Å². The van der Waals surface area contributed by atoms with E-state index in [0.29, 0.717) is 10.2 Å². The number of sulfonamides is 1. The van der Waals surface area contributed by atoms with Gasteiger partial charge in [-0.05, 0) is 45.0 Å². The highest BCUT2D eigenvalue weighted by Gasteiger charge is 2.16. The molecule has 0 fully saturated rings. The van der Waals surface area contributed by atoms with Gasteiger partial charge in [-0.1, -0.05) is 11.3 Å². The van der Waals surface area contributed by atoms with Gasteiger partial charge in [0.2, 0.25) is 10.0 Å². The van der Waals surface area contributed by atoms with Crippen LogP contribution in [0.1, 0.15) is 18.3 Å². The van der Waals surface area contributed by atoms with Gasteiger partial charge in [-0.25, -0.2) is 13.6 Å². The first-order valence-electron chi connectivity index (χ1n) is 8.99. The lowest BCUT2D eigenvalue weighted by molar-refractivity contribution is -0.143. The van der Waals surface area contributed by atoms with Gasteiger partial charge in [-0.15, -0.1) is 0 Å². The Bertz CT molecular complexity index is 1300. The summed E-state index contributed by atoms with van der Waals surface area (Å²) >= 11 is 1.08. The molecular weight excluding hydrogens is 430 g/mol. The van der Waals surface area contributed by atoms with Crippen LogP contribution in [-0.4, -0.2) is 41.2 Å². The number of carbonyl (C=O) groups excluding carboxylic acids is 2. The summed E-state index contributed by atoms with van der Waals surface area (Å²) < 4.78 is 31.9. The van der Waals surface area contributed by atoms with Gasteiger partial charge in [0, 0.05) is 5.69 Å². The molecule has 0 aliphatic carbocycles. The summed E-state index contributed by atoms with van der Waals surface area (Å²) in [5, 5.41) is 9.45. The molecule has 2 aromatic heterocycles. The zero-order valence-corrected chi connectivity index (χ0v) is 18.3. The molecule has 160 valence electrons. The molecule has 10 nitrogen and oxygen atoms in total. The molecule has 1 aromatic carbocycles. The van der Waals surface area contributed by atoms with E-state index in [4.69, 9.17) is 9.88 Å². The molecule has 30 heavy (non-hydrogen) atoms. The molecule has 2 heterocycles. The number of thiazole rings is 1. The summed E-state index contributed by atoms with van der Waals surface area (Å²) in [7, 11) is -3.90. The Morgan fingerprint density at radius 1 is 1.23 bits per heavy atom. The zero-order valence-electron chi connectivity index (χ0n) is 16.7. The fraction of sp³-hybridized carbons (Fsp3) is 0.333. The van der Waals surface area contributed by atoms with E-state index in [1.807, 2.05) is 19.9 Å². The molecule has 0 aliphatic heterocycles. The van der Waals surface area contributed by atoms with E-state index in [1.165, 1.54) is 22.8 Å². The molecule has 0 radical (unpaired) electrons. The largest absolute Gasteiger partial charge is 0.465 e. The van der Waals surface area contributed by atoms with Gasteiger partial charge < -0.3 is 9.30 Å². The fourth-order valence-electron chi connectivity index (χ4n) is 2.91. The number of primary sulfonamides is 1. The monoisotopic (exact) mass is 451 g/mol. The van der Waals surface area contributed by atoms with Crippen LogP contribution in [0.15, 0.2) is 34.2 Å². The van der Waals surface area contributed by atoms with Gasteiger partial charge in [-0.3, -0.25) is 14.3 Å². The first-order chi connectivity index (χ1) is 14.1. The summed E-state index contributed by atoms with van der Waals surface area (Å²) in [4.78, 5) is 28.9. The van der Waals surface area contributed by atoms with E-state index in [-0.39, 0.29) is 29.4 Å². The minimum absolute atomic E-state index is 0.0598. The molecule has 12 heteroatoms. The molecule has 3 rings (SSSR count). The summed E-state index contributed by atoms with van der Waals surface area (Å²) in [6.07, 6.45) is 0. The van der Waals surface area contributed by atoms with E-state index in [0.717, 1.165) is 22.7 Å². The zero-order chi connectivity index (χ0) is 22.1. The van der Waals surface area contributed by atoms with E-state index in [2.05, 4.69) is 10.1 Å². The van der Waals surface area contributed by atoms with Gasteiger partial charge in [0.05, 0.1) is 27.4 Å². The van der Waals surface area contributed by atoms with Crippen LogP contribution in [0, 0.1) is 13.8 Å². The van der Waals surface area contributed by atoms with Crippen molar-refractivity contribution in [3.63, 3.8) is 0 Å². The lowest BCUT2D eigenvalue weighted by Gasteiger charge is -2.06. The molecule has 3 aromatic rings. The number of hydrogen-bond donors (Lipinski definition) is 1. The molecule has 0 saturated carbocycles. The van der Waals surface area contributed by atoms with E-state index < -0.39 is 21.9 Å². The van der Waals surface area contributed by atoms with Crippen molar-refractivity contribution < 1.29 is 22.7 Å². The standard InChI is InChI=1S/C18H21N5O5S2/c1-4-28-17(25)10-22-14-6-5-13(30(19,26)27)8-15(14)29-18(22)20-16(24)9-23-12(3)7-11(2)21-23/h5-8H,4,9-10H2,1-3H3,(H2,19,26,27). The second-order valence-corrected chi connectivity index (χ2v) is 9.11. The molecule has 0 spiro atoms. The average molecular weight is 452 g/mol. The van der Waals surface area contributed by atoms with E-state index in [1.54, 1.807) is 11.6 Å². The summed E-state index contributed by atoms with van der Waals surface area (Å²) in [5.74, 6) is -0.961. The van der Waals surface area contributed by atoms with Crippen molar-refractivity contribution in [1.82, 2.24) is 14.3 Å². The number of benzene rings is 1. The molecule has 0 unspecified atom stereocenters. The maximum atomic E-state index is 12.5. The van der Waals surface area contributed by atoms with Crippen LogP contribution < -0.4 is 9.94 Å². The highest BCUT2D eigenvalue weighted by Crippen LogP contribution is 2.21. The number of amides is 1. The van der Waals surface area contributed by atoms with Crippen LogP contribution in [0.5, 0.6) is 0 Å². The first kappa shape index (κ1) is 21.9. The predicted molar refractivity (Wildman–Crippen MR) is 110 cm³/mol. The lowest BCUT2D eigenvalue weighted by atomic mass is 10.3. The Kier molecular flexibility index (Phi) is 6.19. The Morgan fingerprint density at radius 3 is 2.57 bits per heavy atom. The molecule has 0 bridgehead atoms. The van der Waals surface area contributed by atoms with Crippen LogP contribution >= 0.6 is 11.3 Å². The van der Waals surface area contributed by atoms with Crippen LogP contribution in [0.3, 0.4) is 0 Å². The topological polar surface area (TPSA) is 139 Å². The van der Waals surface area contributed by atoms with Gasteiger partial charge in [0.1, 0.15) is 13.1 Å². The fourth-order valence-corrected chi connectivity index (χ4v) is 4.61. The van der Waals surface area contributed by atoms with Gasteiger partial charge in [0.25, 0.3) is 5.91 Å². The molecular formula is C18H21N5O5S2. The van der Waals surface area contributed by atoms with Gasteiger partial charge >= 0.3 is 5.97 Å². The smallest absolute Gasteiger partial charge is 0.326 e. The summed E-state index contributed by atoms with van der Waals surface area (Å²) in [5.41, 5.74) is 2.15. The number of aryl methyl sites for hydroxylation is 2. The van der Waals surface area contributed by atoms with E-state index in [9.17, 15) is 18.0 Å². The minimum atomic E-state index is -3.90. The number of carbonyl (C=O) groups is 2. The number of fused-ring (bicyclic) bond motifs is 1. The van der Waals surface area contributed by atoms with Crippen molar-refractivity contribution in [3.05, 3.63) is 40.5 Å². The Hall–Kier alpha value is -2.83. The Labute approximate surface area is 176 Å². The lowest BCUT2D eigenvalue weighted by Crippen LogP contribution is -2.24. The maximum Gasteiger partial charge on any atom is 0.326 e. The van der Waals surface area contributed by atoms with Crippen molar-refractivity contribution in [3.8, 4) is 0 Å². The molecule has 1 amide bonds. The third-order valence-corrected chi connectivity index (χ3v) is 6.14. The number of nitrogens with two attached hydrogens (primary N) is 1. The number of nitrogens with zero attached hydrogens (tertiary/aromatic N) is 4. The third kappa shape index (κ3) is 4.83. The average Bonchev–Trinajstić information content (AvgIpc) is 3.13. The molecule has 0 atom stereocenters. The highest BCUT2D eigenvalue weighted by atomic mass is 32.2. The SMILES string of the molecule is CCOC(=O)Cn1c(=NC(=O)Cn2nc(C)cc2C)sc2cc(S(N)(=O)=O)ccc21. The van der Waals surface area contributed by atoms with Crippen LogP contribution in [0.25, 0.3) is 10.2 Å². The normalized spacial score (nSPS) is 12.5. The quantitative estimate of drug-likeness (QED) is 0.551. The van der Waals surface area contributed by atoms with Gasteiger partial charge in [-0.2, -0.15) is 10.1 Å². The van der Waals surface area contributed by atoms with Crippen LogP contribution in [0.2, 0.25) is 0 Å². The number of aromatic nitrogens is 3. The second-order valence-electron chi connectivity index (χ2n) is 6.54. The van der Waals surface area contributed by atoms with Crippen LogP contribution in [-0.2, 0) is 37.4 Å². The minimum Gasteiger partial charge on any atom is -0.465 e. The molecule has 0 aliphatic rings. The number of ether oxygens (including phenoxy) is 1. The molecule has 0 saturated heterocycles. The number of hydrogen-bond acceptors (Lipinski definition) is 7. The predicted octanol–water partition coefficient (Wildman–Crippen LogP) is 0.854. The summed E-state index contributed by atoms with van der Waals surface area (Å²) in [6.45, 7) is 5.33. The number of esters is 1.